The molecular weight excluding hydrogens is 202 g/mol. The number of carbonyl (C=O) groups excluding carboxylic acids is 1. The number of nitrogens with one attached hydrogen (secondary N) is 1. The van der Waals surface area contributed by atoms with E-state index in [2.05, 4.69) is 33.0 Å². The molecule has 1 amide bonds. The highest BCUT2D eigenvalue weighted by Gasteiger charge is 2.29. The molecule has 0 aromatic rings. The summed E-state index contributed by atoms with van der Waals surface area (Å²) in [5, 5.41) is 3.08. The maximum atomic E-state index is 11.6. The Kier molecular flexibility index (Phi) is 6.01. The van der Waals surface area contributed by atoms with Crippen molar-refractivity contribution in [3.8, 4) is 0 Å². The molecule has 3 nitrogen and oxygen atoms in total. The fraction of sp³-hybridized carbons (Fsp3) is 0.923. The quantitative estimate of drug-likeness (QED) is 0.729. The van der Waals surface area contributed by atoms with E-state index in [1.165, 1.54) is 0 Å². The zero-order valence-electron chi connectivity index (χ0n) is 11.6. The van der Waals surface area contributed by atoms with Gasteiger partial charge >= 0.3 is 0 Å². The molecule has 0 atom stereocenters. The Morgan fingerprint density at radius 3 is 2.25 bits per heavy atom. The van der Waals surface area contributed by atoms with E-state index in [0.717, 1.165) is 12.8 Å². The number of hydrogen-bond acceptors (Lipinski definition) is 2. The van der Waals surface area contributed by atoms with Crippen LogP contribution in [0.2, 0.25) is 0 Å². The van der Waals surface area contributed by atoms with Crippen LogP contribution in [-0.2, 0) is 9.53 Å². The Morgan fingerprint density at radius 2 is 1.81 bits per heavy atom. The smallest absolute Gasteiger partial charge is 0.220 e. The maximum Gasteiger partial charge on any atom is 0.220 e. The highest BCUT2D eigenvalue weighted by Crippen LogP contribution is 2.28. The fourth-order valence-electron chi connectivity index (χ4n) is 2.35. The van der Waals surface area contributed by atoms with Gasteiger partial charge in [-0.25, -0.2) is 0 Å². The van der Waals surface area contributed by atoms with Crippen molar-refractivity contribution in [1.82, 2.24) is 5.32 Å². The van der Waals surface area contributed by atoms with Crippen LogP contribution >= 0.6 is 0 Å². The lowest BCUT2D eigenvalue weighted by molar-refractivity contribution is -0.123. The largest absolute Gasteiger partial charge is 0.384 e. The number of carbonyl (C=O) groups is 1. The predicted octanol–water partition coefficient (Wildman–Crippen LogP) is 2.74. The lowest BCUT2D eigenvalue weighted by Gasteiger charge is -2.35. The standard InChI is InChI=1S/C13H27NO2/c1-7-8-11(15)14-13(4,5)9-12(2,3)10-16-6/h7-10H2,1-6H3,(H,14,15). The molecule has 0 saturated heterocycles. The molecule has 0 bridgehead atoms. The Labute approximate surface area is 99.9 Å². The third-order valence-corrected chi connectivity index (χ3v) is 2.41. The first-order chi connectivity index (χ1) is 7.22. The van der Waals surface area contributed by atoms with E-state index >= 15 is 0 Å². The van der Waals surface area contributed by atoms with Crippen molar-refractivity contribution in [2.75, 3.05) is 13.7 Å². The summed E-state index contributed by atoms with van der Waals surface area (Å²) >= 11 is 0. The molecule has 3 heteroatoms. The lowest BCUT2D eigenvalue weighted by Crippen LogP contribution is -2.46. The number of methoxy groups -OCH3 is 1. The number of amides is 1. The van der Waals surface area contributed by atoms with Crippen LogP contribution in [0.15, 0.2) is 0 Å². The first-order valence-corrected chi connectivity index (χ1v) is 6.02. The van der Waals surface area contributed by atoms with Crippen LogP contribution in [0.4, 0.5) is 0 Å². The van der Waals surface area contributed by atoms with E-state index in [1.807, 2.05) is 6.92 Å². The van der Waals surface area contributed by atoms with Gasteiger partial charge in [0.1, 0.15) is 0 Å². The van der Waals surface area contributed by atoms with E-state index < -0.39 is 0 Å². The highest BCUT2D eigenvalue weighted by atomic mass is 16.5. The van der Waals surface area contributed by atoms with Gasteiger partial charge in [0.2, 0.25) is 5.91 Å². The molecule has 0 aliphatic carbocycles. The zero-order valence-corrected chi connectivity index (χ0v) is 11.6. The molecule has 0 aliphatic heterocycles. The normalized spacial score (nSPS) is 12.6. The average Bonchev–Trinajstić information content (AvgIpc) is 1.99. The molecule has 96 valence electrons. The third-order valence-electron chi connectivity index (χ3n) is 2.41. The monoisotopic (exact) mass is 229 g/mol. The van der Waals surface area contributed by atoms with Crippen LogP contribution in [0, 0.1) is 5.41 Å². The first-order valence-electron chi connectivity index (χ1n) is 6.02. The Balaban J connectivity index is 4.27. The van der Waals surface area contributed by atoms with Crippen molar-refractivity contribution in [1.29, 1.82) is 0 Å². The van der Waals surface area contributed by atoms with Gasteiger partial charge in [-0.3, -0.25) is 4.79 Å². The molecule has 0 aromatic heterocycles. The number of rotatable bonds is 7. The molecule has 0 unspecified atom stereocenters. The van der Waals surface area contributed by atoms with Crippen LogP contribution < -0.4 is 5.32 Å². The zero-order chi connectivity index (χ0) is 12.8. The van der Waals surface area contributed by atoms with Crippen molar-refractivity contribution in [3.63, 3.8) is 0 Å². The van der Waals surface area contributed by atoms with Crippen LogP contribution in [0.5, 0.6) is 0 Å². The van der Waals surface area contributed by atoms with E-state index in [9.17, 15) is 4.79 Å². The van der Waals surface area contributed by atoms with E-state index in [0.29, 0.717) is 13.0 Å². The van der Waals surface area contributed by atoms with Gasteiger partial charge in [0.25, 0.3) is 0 Å². The first kappa shape index (κ1) is 15.4. The summed E-state index contributed by atoms with van der Waals surface area (Å²) in [4.78, 5) is 11.6. The topological polar surface area (TPSA) is 38.3 Å². The van der Waals surface area contributed by atoms with Gasteiger partial charge in [-0.2, -0.15) is 0 Å². The van der Waals surface area contributed by atoms with Gasteiger partial charge in [0.15, 0.2) is 0 Å². The molecular formula is C13H27NO2. The summed E-state index contributed by atoms with van der Waals surface area (Å²) in [5.74, 6) is 0.140. The predicted molar refractivity (Wildman–Crippen MR) is 67.4 cm³/mol. The van der Waals surface area contributed by atoms with Crippen LogP contribution in [0.3, 0.4) is 0 Å². The Hall–Kier alpha value is -0.570. The van der Waals surface area contributed by atoms with Gasteiger partial charge in [0.05, 0.1) is 6.61 Å². The van der Waals surface area contributed by atoms with Crippen molar-refractivity contribution in [2.45, 2.75) is 59.4 Å². The van der Waals surface area contributed by atoms with Crippen molar-refractivity contribution >= 4 is 5.91 Å². The molecule has 0 saturated carbocycles. The highest BCUT2D eigenvalue weighted by molar-refractivity contribution is 5.76. The van der Waals surface area contributed by atoms with Crippen molar-refractivity contribution < 1.29 is 9.53 Å². The minimum absolute atomic E-state index is 0.0811. The molecule has 1 N–H and O–H groups in total. The van der Waals surface area contributed by atoms with Gasteiger partial charge < -0.3 is 10.1 Å². The van der Waals surface area contributed by atoms with Crippen LogP contribution in [0.25, 0.3) is 0 Å². The molecule has 0 spiro atoms. The van der Waals surface area contributed by atoms with Gasteiger partial charge in [0, 0.05) is 19.1 Å². The molecule has 0 fully saturated rings. The van der Waals surface area contributed by atoms with Crippen LogP contribution in [0.1, 0.15) is 53.9 Å². The average molecular weight is 229 g/mol. The molecule has 0 radical (unpaired) electrons. The summed E-state index contributed by atoms with van der Waals surface area (Å²) in [7, 11) is 1.71. The van der Waals surface area contributed by atoms with Gasteiger partial charge in [-0.15, -0.1) is 0 Å². The Morgan fingerprint density at radius 1 is 1.25 bits per heavy atom. The minimum Gasteiger partial charge on any atom is -0.384 e. The molecule has 0 aromatic carbocycles. The SMILES string of the molecule is CCCC(=O)NC(C)(C)CC(C)(C)COC. The molecule has 16 heavy (non-hydrogen) atoms. The maximum absolute atomic E-state index is 11.6. The third kappa shape index (κ3) is 6.83. The molecule has 0 rings (SSSR count). The molecule has 0 heterocycles. The summed E-state index contributed by atoms with van der Waals surface area (Å²) in [6.07, 6.45) is 2.40. The second kappa shape index (κ2) is 6.24. The van der Waals surface area contributed by atoms with Crippen molar-refractivity contribution in [2.24, 2.45) is 5.41 Å². The summed E-state index contributed by atoms with van der Waals surface area (Å²) < 4.78 is 5.19. The van der Waals surface area contributed by atoms with E-state index in [-0.39, 0.29) is 16.9 Å². The summed E-state index contributed by atoms with van der Waals surface area (Å²) in [5.41, 5.74) is -0.0912. The summed E-state index contributed by atoms with van der Waals surface area (Å²) in [6.45, 7) is 11.2. The van der Waals surface area contributed by atoms with E-state index in [1.54, 1.807) is 7.11 Å². The molecule has 0 aliphatic rings. The minimum atomic E-state index is -0.172. The fourth-order valence-corrected chi connectivity index (χ4v) is 2.35. The van der Waals surface area contributed by atoms with Gasteiger partial charge in [-0.1, -0.05) is 20.8 Å². The van der Waals surface area contributed by atoms with Crippen LogP contribution in [-0.4, -0.2) is 25.2 Å². The number of hydrogen-bond donors (Lipinski definition) is 1. The second-order valence-corrected chi connectivity index (χ2v) is 5.96. The van der Waals surface area contributed by atoms with Gasteiger partial charge in [-0.05, 0) is 32.1 Å². The van der Waals surface area contributed by atoms with E-state index in [4.69, 9.17) is 4.74 Å². The Bertz CT molecular complexity index is 222. The summed E-state index contributed by atoms with van der Waals surface area (Å²) in [6, 6.07) is 0. The van der Waals surface area contributed by atoms with Crippen molar-refractivity contribution in [3.05, 3.63) is 0 Å². The number of ether oxygens (including phenoxy) is 1. The second-order valence-electron chi connectivity index (χ2n) is 5.96. The lowest BCUT2D eigenvalue weighted by atomic mass is 9.80.